The quantitative estimate of drug-likeness (QED) is 0.724. The van der Waals surface area contributed by atoms with Crippen molar-refractivity contribution in [3.05, 3.63) is 29.8 Å². The van der Waals surface area contributed by atoms with E-state index in [-0.39, 0.29) is 0 Å². The van der Waals surface area contributed by atoms with Crippen molar-refractivity contribution in [3.8, 4) is 0 Å². The molecule has 1 aromatic rings. The van der Waals surface area contributed by atoms with Crippen LogP contribution in [0.15, 0.2) is 24.3 Å². The first-order valence-electron chi connectivity index (χ1n) is 8.38. The maximum absolute atomic E-state index is 3.55. The molecule has 2 rings (SSSR count). The van der Waals surface area contributed by atoms with Crippen LogP contribution in [-0.2, 0) is 6.42 Å². The number of hydrogen-bond donors (Lipinski definition) is 1. The summed E-state index contributed by atoms with van der Waals surface area (Å²) in [6.07, 6.45) is 6.36. The van der Waals surface area contributed by atoms with E-state index in [9.17, 15) is 0 Å². The summed E-state index contributed by atoms with van der Waals surface area (Å²) in [5.74, 6) is 0.821. The molecule has 0 saturated carbocycles. The molecule has 20 heavy (non-hydrogen) atoms. The minimum Gasteiger partial charge on any atom is -0.371 e. The Balaban J connectivity index is 1.80. The molecule has 1 atom stereocenters. The van der Waals surface area contributed by atoms with E-state index in [1.165, 1.54) is 63.0 Å². The number of nitrogens with zero attached hydrogens (tertiary/aromatic N) is 1. The van der Waals surface area contributed by atoms with Gasteiger partial charge in [-0.05, 0) is 62.4 Å². The van der Waals surface area contributed by atoms with Crippen molar-refractivity contribution >= 4 is 5.69 Å². The number of hydrogen-bond acceptors (Lipinski definition) is 2. The van der Waals surface area contributed by atoms with Crippen LogP contribution in [0.1, 0.15) is 45.1 Å². The second kappa shape index (κ2) is 8.31. The van der Waals surface area contributed by atoms with E-state index in [1.807, 2.05) is 0 Å². The molecule has 1 aliphatic rings. The predicted octanol–water partition coefficient (Wildman–Crippen LogP) is 3.86. The fourth-order valence-corrected chi connectivity index (χ4v) is 2.97. The zero-order valence-electron chi connectivity index (χ0n) is 13.2. The van der Waals surface area contributed by atoms with Gasteiger partial charge in [0.2, 0.25) is 0 Å². The highest BCUT2D eigenvalue weighted by Crippen LogP contribution is 2.24. The molecule has 1 saturated heterocycles. The van der Waals surface area contributed by atoms with E-state index < -0.39 is 0 Å². The molecule has 1 unspecified atom stereocenters. The second-order valence-electron chi connectivity index (χ2n) is 6.07. The molecular weight excluding hydrogens is 244 g/mol. The van der Waals surface area contributed by atoms with E-state index in [4.69, 9.17) is 0 Å². The maximum Gasteiger partial charge on any atom is 0.0366 e. The zero-order chi connectivity index (χ0) is 14.2. The average molecular weight is 274 g/mol. The minimum atomic E-state index is 0.821. The first kappa shape index (κ1) is 15.4. The van der Waals surface area contributed by atoms with E-state index in [1.54, 1.807) is 0 Å². The van der Waals surface area contributed by atoms with Crippen LogP contribution in [0.2, 0.25) is 0 Å². The molecule has 1 fully saturated rings. The molecule has 1 heterocycles. The zero-order valence-corrected chi connectivity index (χ0v) is 13.2. The molecule has 2 nitrogen and oxygen atoms in total. The Morgan fingerprint density at radius 3 is 2.65 bits per heavy atom. The van der Waals surface area contributed by atoms with Gasteiger partial charge in [-0.2, -0.15) is 0 Å². The van der Waals surface area contributed by atoms with Crippen LogP contribution in [-0.4, -0.2) is 26.2 Å². The van der Waals surface area contributed by atoms with Gasteiger partial charge >= 0.3 is 0 Å². The van der Waals surface area contributed by atoms with Gasteiger partial charge in [0.15, 0.2) is 0 Å². The topological polar surface area (TPSA) is 15.3 Å². The Bertz CT molecular complexity index is 372. The number of aryl methyl sites for hydroxylation is 1. The van der Waals surface area contributed by atoms with E-state index in [0.29, 0.717) is 0 Å². The third-order valence-electron chi connectivity index (χ3n) is 4.27. The van der Waals surface area contributed by atoms with Crippen LogP contribution in [0.25, 0.3) is 0 Å². The summed E-state index contributed by atoms with van der Waals surface area (Å²) in [6.45, 7) is 9.25. The number of rotatable bonds is 8. The largest absolute Gasteiger partial charge is 0.371 e. The van der Waals surface area contributed by atoms with E-state index in [2.05, 4.69) is 48.3 Å². The van der Waals surface area contributed by atoms with Crippen LogP contribution in [0.5, 0.6) is 0 Å². The summed E-state index contributed by atoms with van der Waals surface area (Å²) in [6, 6.07) is 9.25. The van der Waals surface area contributed by atoms with Crippen molar-refractivity contribution in [3.63, 3.8) is 0 Å². The molecule has 0 radical (unpaired) electrons. The van der Waals surface area contributed by atoms with E-state index >= 15 is 0 Å². The molecule has 0 bridgehead atoms. The van der Waals surface area contributed by atoms with Crippen LogP contribution in [0, 0.1) is 5.92 Å². The molecule has 1 aliphatic heterocycles. The van der Waals surface area contributed by atoms with Crippen molar-refractivity contribution in [2.45, 2.75) is 46.0 Å². The monoisotopic (exact) mass is 274 g/mol. The molecule has 1 aromatic carbocycles. The maximum atomic E-state index is 3.55. The van der Waals surface area contributed by atoms with Gasteiger partial charge in [0, 0.05) is 18.8 Å². The Morgan fingerprint density at radius 1 is 1.15 bits per heavy atom. The predicted molar refractivity (Wildman–Crippen MR) is 88.5 cm³/mol. The van der Waals surface area contributed by atoms with Gasteiger partial charge in [0.1, 0.15) is 0 Å². The summed E-state index contributed by atoms with van der Waals surface area (Å²) < 4.78 is 0. The summed E-state index contributed by atoms with van der Waals surface area (Å²) >= 11 is 0. The summed E-state index contributed by atoms with van der Waals surface area (Å²) in [5.41, 5.74) is 2.89. The molecule has 0 spiro atoms. The van der Waals surface area contributed by atoms with Crippen molar-refractivity contribution < 1.29 is 0 Å². The highest BCUT2D eigenvalue weighted by molar-refractivity contribution is 5.48. The lowest BCUT2D eigenvalue weighted by atomic mass is 10.1. The van der Waals surface area contributed by atoms with Crippen LogP contribution >= 0.6 is 0 Å². The van der Waals surface area contributed by atoms with E-state index in [0.717, 1.165) is 12.5 Å². The first-order chi connectivity index (χ1) is 9.83. The molecule has 112 valence electrons. The number of unbranched alkanes of at least 4 members (excludes halogenated alkanes) is 1. The lowest BCUT2D eigenvalue weighted by Gasteiger charge is -2.19. The van der Waals surface area contributed by atoms with Gasteiger partial charge in [0.05, 0.1) is 0 Å². The SMILES string of the molecule is CCCCc1ccc(N2CCC(CNCCC)C2)cc1. The lowest BCUT2D eigenvalue weighted by molar-refractivity contribution is 0.516. The smallest absolute Gasteiger partial charge is 0.0366 e. The Labute approximate surface area is 124 Å². The van der Waals surface area contributed by atoms with Crippen LogP contribution < -0.4 is 10.2 Å². The second-order valence-corrected chi connectivity index (χ2v) is 6.07. The van der Waals surface area contributed by atoms with Gasteiger partial charge in [-0.1, -0.05) is 32.4 Å². The van der Waals surface area contributed by atoms with Crippen molar-refractivity contribution in [1.82, 2.24) is 5.32 Å². The van der Waals surface area contributed by atoms with Crippen molar-refractivity contribution in [1.29, 1.82) is 0 Å². The van der Waals surface area contributed by atoms with Gasteiger partial charge < -0.3 is 10.2 Å². The van der Waals surface area contributed by atoms with Gasteiger partial charge in [-0.25, -0.2) is 0 Å². The molecule has 1 N–H and O–H groups in total. The number of nitrogens with one attached hydrogen (secondary N) is 1. The van der Waals surface area contributed by atoms with Crippen LogP contribution in [0.3, 0.4) is 0 Å². The number of benzene rings is 1. The molecule has 0 aromatic heterocycles. The molecule has 0 aliphatic carbocycles. The molecular formula is C18H30N2. The highest BCUT2D eigenvalue weighted by Gasteiger charge is 2.22. The summed E-state index contributed by atoms with van der Waals surface area (Å²) in [5, 5.41) is 3.55. The number of anilines is 1. The van der Waals surface area contributed by atoms with Gasteiger partial charge in [-0.15, -0.1) is 0 Å². The van der Waals surface area contributed by atoms with Gasteiger partial charge in [0.25, 0.3) is 0 Å². The summed E-state index contributed by atoms with van der Waals surface area (Å²) in [4.78, 5) is 2.54. The Hall–Kier alpha value is -1.02. The Kier molecular flexibility index (Phi) is 6.38. The highest BCUT2D eigenvalue weighted by atomic mass is 15.2. The average Bonchev–Trinajstić information content (AvgIpc) is 2.95. The van der Waals surface area contributed by atoms with Crippen molar-refractivity contribution in [2.75, 3.05) is 31.1 Å². The van der Waals surface area contributed by atoms with Gasteiger partial charge in [-0.3, -0.25) is 0 Å². The molecule has 2 heteroatoms. The first-order valence-corrected chi connectivity index (χ1v) is 8.38. The normalized spacial score (nSPS) is 18.7. The van der Waals surface area contributed by atoms with Crippen LogP contribution in [0.4, 0.5) is 5.69 Å². The van der Waals surface area contributed by atoms with Crippen molar-refractivity contribution in [2.24, 2.45) is 5.92 Å². The minimum absolute atomic E-state index is 0.821. The standard InChI is InChI=1S/C18H30N2/c1-3-5-6-16-7-9-18(10-8-16)20-13-11-17(15-20)14-19-12-4-2/h7-10,17,19H,3-6,11-15H2,1-2H3. The fraction of sp³-hybridized carbons (Fsp3) is 0.667. The molecule has 0 amide bonds. The lowest BCUT2D eigenvalue weighted by Crippen LogP contribution is -2.26. The third kappa shape index (κ3) is 4.52. The summed E-state index contributed by atoms with van der Waals surface area (Å²) in [7, 11) is 0. The third-order valence-corrected chi connectivity index (χ3v) is 4.27. The fourth-order valence-electron chi connectivity index (χ4n) is 2.97. The Morgan fingerprint density at radius 2 is 1.95 bits per heavy atom.